The van der Waals surface area contributed by atoms with Crippen molar-refractivity contribution >= 4 is 28.8 Å². The van der Waals surface area contributed by atoms with Gasteiger partial charge in [-0.25, -0.2) is 4.98 Å². The molecule has 0 radical (unpaired) electrons. The highest BCUT2D eigenvalue weighted by Gasteiger charge is 2.06. The average molecular weight is 310 g/mol. The highest BCUT2D eigenvalue weighted by atomic mass is 32.1. The standard InChI is InChI=1S/C17H18N4S/c1-13-8-9-15(22-13)12-19-17-18-11-10-16(20-17)21(2)14-6-4-3-5-7-14/h3-11H,12H2,1-2H3,(H,18,19,20). The minimum Gasteiger partial charge on any atom is -0.349 e. The summed E-state index contributed by atoms with van der Waals surface area (Å²) in [5.74, 6) is 1.51. The van der Waals surface area contributed by atoms with E-state index in [1.807, 2.05) is 36.2 Å². The maximum atomic E-state index is 4.58. The zero-order valence-electron chi connectivity index (χ0n) is 12.7. The number of benzene rings is 1. The molecule has 0 saturated carbocycles. The number of anilines is 3. The van der Waals surface area contributed by atoms with Gasteiger partial charge in [0.05, 0.1) is 6.54 Å². The van der Waals surface area contributed by atoms with E-state index in [2.05, 4.69) is 46.5 Å². The first kappa shape index (κ1) is 14.5. The number of aromatic nitrogens is 2. The molecule has 0 aliphatic rings. The molecule has 22 heavy (non-hydrogen) atoms. The molecule has 0 unspecified atom stereocenters. The molecule has 0 amide bonds. The summed E-state index contributed by atoms with van der Waals surface area (Å²) in [4.78, 5) is 13.5. The quantitative estimate of drug-likeness (QED) is 0.766. The fourth-order valence-corrected chi connectivity index (χ4v) is 2.98. The summed E-state index contributed by atoms with van der Waals surface area (Å²) in [6, 6.07) is 16.3. The SMILES string of the molecule is Cc1ccc(CNc2nccc(N(C)c3ccccc3)n2)s1. The minimum absolute atomic E-state index is 0.645. The molecular formula is C17H18N4S. The van der Waals surface area contributed by atoms with Gasteiger partial charge in [-0.15, -0.1) is 11.3 Å². The van der Waals surface area contributed by atoms with E-state index in [0.717, 1.165) is 18.1 Å². The Bertz CT molecular complexity index is 739. The van der Waals surface area contributed by atoms with E-state index in [1.165, 1.54) is 9.75 Å². The van der Waals surface area contributed by atoms with Crippen molar-refractivity contribution in [2.24, 2.45) is 0 Å². The van der Waals surface area contributed by atoms with E-state index in [0.29, 0.717) is 5.95 Å². The van der Waals surface area contributed by atoms with Crippen LogP contribution in [0.15, 0.2) is 54.7 Å². The Hall–Kier alpha value is -2.40. The molecule has 5 heteroatoms. The molecule has 112 valence electrons. The number of aryl methyl sites for hydroxylation is 1. The highest BCUT2D eigenvalue weighted by Crippen LogP contribution is 2.22. The van der Waals surface area contributed by atoms with Gasteiger partial charge in [-0.05, 0) is 37.3 Å². The van der Waals surface area contributed by atoms with Crippen LogP contribution in [0.2, 0.25) is 0 Å². The van der Waals surface area contributed by atoms with Crippen LogP contribution in [0.1, 0.15) is 9.75 Å². The Kier molecular flexibility index (Phi) is 4.34. The summed E-state index contributed by atoms with van der Waals surface area (Å²) in [6.07, 6.45) is 1.78. The molecule has 0 aliphatic heterocycles. The first-order chi connectivity index (χ1) is 10.7. The number of para-hydroxylation sites is 1. The van der Waals surface area contributed by atoms with E-state index >= 15 is 0 Å². The van der Waals surface area contributed by atoms with Crippen molar-refractivity contribution in [2.45, 2.75) is 13.5 Å². The van der Waals surface area contributed by atoms with E-state index < -0.39 is 0 Å². The molecular weight excluding hydrogens is 292 g/mol. The van der Waals surface area contributed by atoms with Gasteiger partial charge < -0.3 is 10.2 Å². The third-order valence-electron chi connectivity index (χ3n) is 3.34. The van der Waals surface area contributed by atoms with Crippen LogP contribution in [-0.4, -0.2) is 17.0 Å². The number of hydrogen-bond donors (Lipinski definition) is 1. The van der Waals surface area contributed by atoms with Crippen LogP contribution in [0.4, 0.5) is 17.5 Å². The van der Waals surface area contributed by atoms with Crippen LogP contribution in [-0.2, 0) is 6.54 Å². The first-order valence-corrected chi connectivity index (χ1v) is 7.95. The second-order valence-corrected chi connectivity index (χ2v) is 6.37. The molecule has 0 aliphatic carbocycles. The largest absolute Gasteiger partial charge is 0.349 e. The van der Waals surface area contributed by atoms with Gasteiger partial charge in [-0.3, -0.25) is 0 Å². The summed E-state index contributed by atoms with van der Waals surface area (Å²) >= 11 is 1.79. The Labute approximate surface area is 134 Å². The number of hydrogen-bond acceptors (Lipinski definition) is 5. The number of rotatable bonds is 5. The van der Waals surface area contributed by atoms with Crippen molar-refractivity contribution in [3.63, 3.8) is 0 Å². The number of nitrogens with zero attached hydrogens (tertiary/aromatic N) is 3. The monoisotopic (exact) mass is 310 g/mol. The molecule has 1 N–H and O–H groups in total. The third-order valence-corrected chi connectivity index (χ3v) is 4.35. The van der Waals surface area contributed by atoms with Crippen molar-refractivity contribution < 1.29 is 0 Å². The molecule has 0 spiro atoms. The van der Waals surface area contributed by atoms with Crippen LogP contribution in [0.5, 0.6) is 0 Å². The van der Waals surface area contributed by atoms with E-state index in [1.54, 1.807) is 17.5 Å². The maximum Gasteiger partial charge on any atom is 0.224 e. The van der Waals surface area contributed by atoms with Crippen molar-refractivity contribution in [3.05, 3.63) is 64.5 Å². The van der Waals surface area contributed by atoms with Gasteiger partial charge in [-0.1, -0.05) is 18.2 Å². The normalized spacial score (nSPS) is 10.5. The van der Waals surface area contributed by atoms with Crippen molar-refractivity contribution in [1.82, 2.24) is 9.97 Å². The first-order valence-electron chi connectivity index (χ1n) is 7.13. The Balaban J connectivity index is 1.72. The van der Waals surface area contributed by atoms with Gasteiger partial charge in [0, 0.05) is 28.7 Å². The number of thiophene rings is 1. The van der Waals surface area contributed by atoms with Crippen LogP contribution in [0, 0.1) is 6.92 Å². The van der Waals surface area contributed by atoms with Gasteiger partial charge in [0.15, 0.2) is 0 Å². The molecule has 0 saturated heterocycles. The average Bonchev–Trinajstić information content (AvgIpc) is 2.99. The van der Waals surface area contributed by atoms with Crippen molar-refractivity contribution in [3.8, 4) is 0 Å². The Morgan fingerprint density at radius 2 is 1.91 bits per heavy atom. The summed E-state index contributed by atoms with van der Waals surface area (Å²) in [6.45, 7) is 2.86. The molecule has 0 fully saturated rings. The fraction of sp³-hybridized carbons (Fsp3) is 0.176. The van der Waals surface area contributed by atoms with E-state index in [9.17, 15) is 0 Å². The Morgan fingerprint density at radius 1 is 1.09 bits per heavy atom. The Morgan fingerprint density at radius 3 is 2.64 bits per heavy atom. The second kappa shape index (κ2) is 6.58. The molecule has 1 aromatic carbocycles. The van der Waals surface area contributed by atoms with Gasteiger partial charge in [0.2, 0.25) is 5.95 Å². The lowest BCUT2D eigenvalue weighted by Crippen LogP contribution is -2.12. The molecule has 3 rings (SSSR count). The summed E-state index contributed by atoms with van der Waals surface area (Å²) in [5.41, 5.74) is 1.10. The lowest BCUT2D eigenvalue weighted by molar-refractivity contribution is 1.04. The zero-order valence-corrected chi connectivity index (χ0v) is 13.5. The van der Waals surface area contributed by atoms with Crippen LogP contribution in [0.3, 0.4) is 0 Å². The summed E-state index contributed by atoms with van der Waals surface area (Å²) in [5, 5.41) is 3.28. The molecule has 4 nitrogen and oxygen atoms in total. The predicted octanol–water partition coefficient (Wildman–Crippen LogP) is 4.23. The maximum absolute atomic E-state index is 4.58. The predicted molar refractivity (Wildman–Crippen MR) is 92.9 cm³/mol. The van der Waals surface area contributed by atoms with Gasteiger partial charge in [0.1, 0.15) is 5.82 Å². The third kappa shape index (κ3) is 3.43. The zero-order chi connectivity index (χ0) is 15.4. The molecule has 0 atom stereocenters. The fourth-order valence-electron chi connectivity index (χ4n) is 2.15. The summed E-state index contributed by atoms with van der Waals surface area (Å²) in [7, 11) is 2.00. The lowest BCUT2D eigenvalue weighted by atomic mass is 10.3. The van der Waals surface area contributed by atoms with Gasteiger partial charge in [0.25, 0.3) is 0 Å². The smallest absolute Gasteiger partial charge is 0.224 e. The van der Waals surface area contributed by atoms with Crippen molar-refractivity contribution in [1.29, 1.82) is 0 Å². The van der Waals surface area contributed by atoms with E-state index in [4.69, 9.17) is 0 Å². The van der Waals surface area contributed by atoms with Crippen LogP contribution in [0.25, 0.3) is 0 Å². The molecule has 0 bridgehead atoms. The number of nitrogens with one attached hydrogen (secondary N) is 1. The second-order valence-electron chi connectivity index (χ2n) is 5.00. The van der Waals surface area contributed by atoms with Crippen molar-refractivity contribution in [2.75, 3.05) is 17.3 Å². The van der Waals surface area contributed by atoms with E-state index in [-0.39, 0.29) is 0 Å². The summed E-state index contributed by atoms with van der Waals surface area (Å²) < 4.78 is 0. The lowest BCUT2D eigenvalue weighted by Gasteiger charge is -2.18. The van der Waals surface area contributed by atoms with Gasteiger partial charge in [-0.2, -0.15) is 4.98 Å². The highest BCUT2D eigenvalue weighted by molar-refractivity contribution is 7.11. The molecule has 2 aromatic heterocycles. The minimum atomic E-state index is 0.645. The van der Waals surface area contributed by atoms with Crippen LogP contribution >= 0.6 is 11.3 Å². The van der Waals surface area contributed by atoms with Gasteiger partial charge >= 0.3 is 0 Å². The topological polar surface area (TPSA) is 41.1 Å². The molecule has 3 aromatic rings. The van der Waals surface area contributed by atoms with Crippen LogP contribution < -0.4 is 10.2 Å². The molecule has 2 heterocycles.